The van der Waals surface area contributed by atoms with Crippen molar-refractivity contribution in [1.82, 2.24) is 4.98 Å². The Labute approximate surface area is 154 Å². The van der Waals surface area contributed by atoms with Gasteiger partial charge in [0.05, 0.1) is 5.69 Å². The minimum atomic E-state index is -0.202. The van der Waals surface area contributed by atoms with Crippen molar-refractivity contribution in [2.24, 2.45) is 0 Å². The quantitative estimate of drug-likeness (QED) is 0.706. The highest BCUT2D eigenvalue weighted by molar-refractivity contribution is 7.14. The number of fused-ring (bicyclic) bond motifs is 1. The van der Waals surface area contributed by atoms with E-state index in [0.717, 1.165) is 22.9 Å². The normalized spacial score (nSPS) is 12.0. The van der Waals surface area contributed by atoms with Crippen molar-refractivity contribution < 1.29 is 14.3 Å². The third kappa shape index (κ3) is 3.34. The van der Waals surface area contributed by atoms with Crippen molar-refractivity contribution in [2.45, 2.75) is 6.92 Å². The third-order valence-electron chi connectivity index (χ3n) is 3.88. The van der Waals surface area contributed by atoms with Crippen LogP contribution in [0.5, 0.6) is 11.5 Å². The van der Waals surface area contributed by atoms with Gasteiger partial charge in [-0.1, -0.05) is 12.1 Å². The average molecular weight is 367 g/mol. The fourth-order valence-corrected chi connectivity index (χ4v) is 3.43. The van der Waals surface area contributed by atoms with E-state index in [2.05, 4.69) is 15.6 Å². The maximum Gasteiger partial charge on any atom is 0.255 e. The van der Waals surface area contributed by atoms with Gasteiger partial charge in [0.1, 0.15) is 0 Å². The number of amides is 1. The van der Waals surface area contributed by atoms with Gasteiger partial charge in [-0.05, 0) is 37.3 Å². The first-order valence-electron chi connectivity index (χ1n) is 8.24. The summed E-state index contributed by atoms with van der Waals surface area (Å²) in [4.78, 5) is 17.1. The molecule has 0 saturated heterocycles. The van der Waals surface area contributed by atoms with Gasteiger partial charge in [0, 0.05) is 28.7 Å². The number of carbonyl (C=O) groups is 1. The van der Waals surface area contributed by atoms with Gasteiger partial charge in [-0.15, -0.1) is 11.3 Å². The molecule has 7 heteroatoms. The highest BCUT2D eigenvalue weighted by Crippen LogP contribution is 2.33. The standard InChI is InChI=1S/C19H17N3O3S/c1-2-20-19-22-15(10-26-19)12-4-3-5-14(8-12)21-18(23)13-6-7-16-17(9-13)25-11-24-16/h3-10H,2,11H2,1H3,(H,20,22)(H,21,23). The van der Waals surface area contributed by atoms with Crippen molar-refractivity contribution >= 4 is 28.1 Å². The molecule has 1 aromatic heterocycles. The van der Waals surface area contributed by atoms with E-state index in [-0.39, 0.29) is 12.7 Å². The first kappa shape index (κ1) is 16.4. The summed E-state index contributed by atoms with van der Waals surface area (Å²) < 4.78 is 10.6. The Bertz CT molecular complexity index is 955. The van der Waals surface area contributed by atoms with Crippen LogP contribution >= 0.6 is 11.3 Å². The third-order valence-corrected chi connectivity index (χ3v) is 4.68. The molecule has 0 atom stereocenters. The molecule has 4 rings (SSSR count). The number of aromatic nitrogens is 1. The largest absolute Gasteiger partial charge is 0.454 e. The first-order valence-corrected chi connectivity index (χ1v) is 9.12. The maximum atomic E-state index is 12.5. The lowest BCUT2D eigenvalue weighted by Crippen LogP contribution is -2.11. The zero-order chi connectivity index (χ0) is 17.9. The Hall–Kier alpha value is -3.06. The SMILES string of the molecule is CCNc1nc(-c2cccc(NC(=O)c3ccc4c(c3)OCO4)c2)cs1. The number of rotatable bonds is 5. The highest BCUT2D eigenvalue weighted by atomic mass is 32.1. The van der Waals surface area contributed by atoms with Crippen molar-refractivity contribution in [1.29, 1.82) is 0 Å². The van der Waals surface area contributed by atoms with E-state index in [1.165, 1.54) is 0 Å². The number of nitrogens with one attached hydrogen (secondary N) is 2. The number of hydrogen-bond donors (Lipinski definition) is 2. The molecule has 1 amide bonds. The Balaban J connectivity index is 1.52. The zero-order valence-corrected chi connectivity index (χ0v) is 14.9. The minimum Gasteiger partial charge on any atom is -0.454 e. The van der Waals surface area contributed by atoms with Gasteiger partial charge >= 0.3 is 0 Å². The predicted molar refractivity (Wildman–Crippen MR) is 102 cm³/mol. The summed E-state index contributed by atoms with van der Waals surface area (Å²) in [5, 5.41) is 9.00. The molecule has 0 fully saturated rings. The van der Waals surface area contributed by atoms with Gasteiger partial charge in [-0.3, -0.25) is 4.79 Å². The minimum absolute atomic E-state index is 0.185. The zero-order valence-electron chi connectivity index (χ0n) is 14.1. The molecule has 132 valence electrons. The Kier molecular flexibility index (Phi) is 4.45. The lowest BCUT2D eigenvalue weighted by Gasteiger charge is -2.07. The Morgan fingerprint density at radius 1 is 1.19 bits per heavy atom. The fourth-order valence-electron chi connectivity index (χ4n) is 2.64. The van der Waals surface area contributed by atoms with Gasteiger partial charge in [0.2, 0.25) is 6.79 Å². The number of nitrogens with zero attached hydrogens (tertiary/aromatic N) is 1. The summed E-state index contributed by atoms with van der Waals surface area (Å²) in [6, 6.07) is 12.8. The van der Waals surface area contributed by atoms with Crippen LogP contribution in [-0.2, 0) is 0 Å². The molecule has 0 spiro atoms. The summed E-state index contributed by atoms with van der Waals surface area (Å²) in [6.07, 6.45) is 0. The molecule has 0 bridgehead atoms. The molecule has 0 radical (unpaired) electrons. The van der Waals surface area contributed by atoms with Crippen molar-refractivity contribution in [3.63, 3.8) is 0 Å². The first-order chi connectivity index (χ1) is 12.7. The molecular weight excluding hydrogens is 350 g/mol. The van der Waals surface area contributed by atoms with Crippen LogP contribution in [0.4, 0.5) is 10.8 Å². The van der Waals surface area contributed by atoms with Crippen molar-refractivity contribution in [2.75, 3.05) is 24.0 Å². The molecule has 1 aliphatic heterocycles. The Morgan fingerprint density at radius 2 is 2.08 bits per heavy atom. The van der Waals surface area contributed by atoms with Crippen LogP contribution in [0.1, 0.15) is 17.3 Å². The second-order valence-electron chi connectivity index (χ2n) is 5.67. The summed E-state index contributed by atoms with van der Waals surface area (Å²) in [6.45, 7) is 3.05. The molecule has 0 unspecified atom stereocenters. The van der Waals surface area contributed by atoms with Crippen LogP contribution in [-0.4, -0.2) is 24.2 Å². The van der Waals surface area contributed by atoms with E-state index in [1.807, 2.05) is 36.6 Å². The van der Waals surface area contributed by atoms with Gasteiger partial charge in [0.15, 0.2) is 16.6 Å². The number of carbonyl (C=O) groups excluding carboxylic acids is 1. The van der Waals surface area contributed by atoms with Crippen LogP contribution < -0.4 is 20.1 Å². The van der Waals surface area contributed by atoms with Gasteiger partial charge in [0.25, 0.3) is 5.91 Å². The van der Waals surface area contributed by atoms with Crippen LogP contribution in [0.2, 0.25) is 0 Å². The van der Waals surface area contributed by atoms with Crippen molar-refractivity contribution in [3.05, 3.63) is 53.4 Å². The molecule has 26 heavy (non-hydrogen) atoms. The monoisotopic (exact) mass is 367 g/mol. The summed E-state index contributed by atoms with van der Waals surface area (Å²) >= 11 is 1.56. The number of hydrogen-bond acceptors (Lipinski definition) is 6. The fraction of sp³-hybridized carbons (Fsp3) is 0.158. The second kappa shape index (κ2) is 7.05. The lowest BCUT2D eigenvalue weighted by molar-refractivity contribution is 0.102. The molecule has 6 nitrogen and oxygen atoms in total. The van der Waals surface area contributed by atoms with Crippen LogP contribution in [0.15, 0.2) is 47.8 Å². The molecule has 1 aliphatic rings. The van der Waals surface area contributed by atoms with Crippen LogP contribution in [0.3, 0.4) is 0 Å². The molecule has 2 aromatic carbocycles. The van der Waals surface area contributed by atoms with E-state index in [9.17, 15) is 4.79 Å². The molecule has 0 aliphatic carbocycles. The molecule has 2 heterocycles. The molecule has 2 N–H and O–H groups in total. The number of thiazole rings is 1. The number of ether oxygens (including phenoxy) is 2. The molecule has 3 aromatic rings. The van der Waals surface area contributed by atoms with E-state index in [0.29, 0.717) is 22.7 Å². The van der Waals surface area contributed by atoms with E-state index in [1.54, 1.807) is 29.5 Å². The summed E-state index contributed by atoms with van der Waals surface area (Å²) in [5.74, 6) is 1.04. The molecular formula is C19H17N3O3S. The number of benzene rings is 2. The second-order valence-corrected chi connectivity index (χ2v) is 6.53. The van der Waals surface area contributed by atoms with Gasteiger partial charge in [-0.25, -0.2) is 4.98 Å². The average Bonchev–Trinajstić information content (AvgIpc) is 3.31. The summed E-state index contributed by atoms with van der Waals surface area (Å²) in [5.41, 5.74) is 3.06. The van der Waals surface area contributed by atoms with E-state index >= 15 is 0 Å². The maximum absolute atomic E-state index is 12.5. The predicted octanol–water partition coefficient (Wildman–Crippen LogP) is 4.22. The summed E-state index contributed by atoms with van der Waals surface area (Å²) in [7, 11) is 0. The topological polar surface area (TPSA) is 72.5 Å². The van der Waals surface area contributed by atoms with Crippen LogP contribution in [0.25, 0.3) is 11.3 Å². The van der Waals surface area contributed by atoms with Gasteiger partial charge in [-0.2, -0.15) is 0 Å². The lowest BCUT2D eigenvalue weighted by atomic mass is 10.1. The van der Waals surface area contributed by atoms with E-state index < -0.39 is 0 Å². The van der Waals surface area contributed by atoms with E-state index in [4.69, 9.17) is 9.47 Å². The smallest absolute Gasteiger partial charge is 0.255 e. The van der Waals surface area contributed by atoms with Gasteiger partial charge < -0.3 is 20.1 Å². The highest BCUT2D eigenvalue weighted by Gasteiger charge is 2.16. The van der Waals surface area contributed by atoms with Crippen LogP contribution in [0, 0.1) is 0 Å². The number of anilines is 2. The molecule has 0 saturated carbocycles. The Morgan fingerprint density at radius 3 is 2.96 bits per heavy atom. The van der Waals surface area contributed by atoms with Crippen molar-refractivity contribution in [3.8, 4) is 22.8 Å².